The first kappa shape index (κ1) is 21.6. The summed E-state index contributed by atoms with van der Waals surface area (Å²) >= 11 is 1.23. The van der Waals surface area contributed by atoms with Gasteiger partial charge < -0.3 is 10.1 Å². The monoisotopic (exact) mass is 453 g/mol. The molecule has 0 fully saturated rings. The standard InChI is InChI=1S/C22H20FN5O3S/c1-3-18(20(29)24-15-6-10-17(31-2)11-7-15)32-22-26-25-19-21(30)27(12-13-28(19)22)16-8-4-14(23)5-9-16/h4-13,18H,3H2,1-2H3,(H,24,29). The average Bonchev–Trinajstić information content (AvgIpc) is 3.22. The number of halogens is 1. The molecule has 0 bridgehead atoms. The zero-order valence-electron chi connectivity index (χ0n) is 17.4. The number of hydrogen-bond donors (Lipinski definition) is 1. The van der Waals surface area contributed by atoms with Crippen LogP contribution in [0.5, 0.6) is 5.75 Å². The fourth-order valence-electron chi connectivity index (χ4n) is 3.10. The van der Waals surface area contributed by atoms with Crippen molar-refractivity contribution in [1.29, 1.82) is 0 Å². The van der Waals surface area contributed by atoms with Crippen molar-refractivity contribution in [2.24, 2.45) is 0 Å². The predicted octanol–water partition coefficient (Wildman–Crippen LogP) is 3.54. The van der Waals surface area contributed by atoms with Crippen LogP contribution in [0, 0.1) is 5.82 Å². The normalized spacial score (nSPS) is 12.0. The van der Waals surface area contributed by atoms with Gasteiger partial charge in [-0.3, -0.25) is 18.6 Å². The fourth-order valence-corrected chi connectivity index (χ4v) is 4.03. The highest BCUT2D eigenvalue weighted by Crippen LogP contribution is 2.25. The Bertz CT molecular complexity index is 1300. The first-order valence-electron chi connectivity index (χ1n) is 9.84. The number of carbonyl (C=O) groups is 1. The Morgan fingerprint density at radius 2 is 1.84 bits per heavy atom. The van der Waals surface area contributed by atoms with Crippen molar-refractivity contribution in [3.05, 3.63) is 77.1 Å². The second kappa shape index (κ2) is 9.23. The van der Waals surface area contributed by atoms with Gasteiger partial charge in [0.15, 0.2) is 5.16 Å². The molecular weight excluding hydrogens is 433 g/mol. The van der Waals surface area contributed by atoms with Crippen molar-refractivity contribution in [2.75, 3.05) is 12.4 Å². The first-order chi connectivity index (χ1) is 15.5. The van der Waals surface area contributed by atoms with Crippen molar-refractivity contribution < 1.29 is 13.9 Å². The smallest absolute Gasteiger partial charge is 0.300 e. The van der Waals surface area contributed by atoms with Gasteiger partial charge >= 0.3 is 5.56 Å². The molecule has 164 valence electrons. The van der Waals surface area contributed by atoms with Crippen LogP contribution in [0.1, 0.15) is 13.3 Å². The van der Waals surface area contributed by atoms with Crippen LogP contribution in [0.15, 0.2) is 70.9 Å². The van der Waals surface area contributed by atoms with Crippen LogP contribution in [0.3, 0.4) is 0 Å². The molecule has 0 saturated carbocycles. The van der Waals surface area contributed by atoms with E-state index in [1.165, 1.54) is 40.6 Å². The van der Waals surface area contributed by atoms with Crippen molar-refractivity contribution >= 4 is 29.0 Å². The number of hydrogen-bond acceptors (Lipinski definition) is 6. The maximum Gasteiger partial charge on any atom is 0.300 e. The maximum absolute atomic E-state index is 13.2. The lowest BCUT2D eigenvalue weighted by Crippen LogP contribution is -2.25. The quantitative estimate of drug-likeness (QED) is 0.431. The number of amides is 1. The van der Waals surface area contributed by atoms with Gasteiger partial charge in [0.05, 0.1) is 12.4 Å². The molecular formula is C22H20FN5O3S. The van der Waals surface area contributed by atoms with E-state index in [0.29, 0.717) is 28.7 Å². The van der Waals surface area contributed by atoms with Gasteiger partial charge in [-0.1, -0.05) is 18.7 Å². The van der Waals surface area contributed by atoms with Crippen LogP contribution in [-0.2, 0) is 4.79 Å². The summed E-state index contributed by atoms with van der Waals surface area (Å²) in [5, 5.41) is 11.0. The SMILES string of the molecule is CCC(Sc1nnc2c(=O)n(-c3ccc(F)cc3)ccn12)C(=O)Nc1ccc(OC)cc1. The van der Waals surface area contributed by atoms with Gasteiger partial charge in [0, 0.05) is 23.8 Å². The largest absolute Gasteiger partial charge is 0.497 e. The summed E-state index contributed by atoms with van der Waals surface area (Å²) in [6.45, 7) is 1.90. The van der Waals surface area contributed by atoms with E-state index in [4.69, 9.17) is 4.74 Å². The number of ether oxygens (including phenoxy) is 1. The van der Waals surface area contributed by atoms with Crippen molar-refractivity contribution in [1.82, 2.24) is 19.2 Å². The fraction of sp³-hybridized carbons (Fsp3) is 0.182. The van der Waals surface area contributed by atoms with Crippen LogP contribution >= 0.6 is 11.8 Å². The molecule has 0 saturated heterocycles. The van der Waals surface area contributed by atoms with Crippen molar-refractivity contribution in [2.45, 2.75) is 23.8 Å². The third-order valence-electron chi connectivity index (χ3n) is 4.81. The number of anilines is 1. The summed E-state index contributed by atoms with van der Waals surface area (Å²) in [6, 6.07) is 12.6. The Labute approximate surface area is 187 Å². The van der Waals surface area contributed by atoms with E-state index in [1.54, 1.807) is 48.2 Å². The topological polar surface area (TPSA) is 90.5 Å². The van der Waals surface area contributed by atoms with Gasteiger partial charge in [-0.2, -0.15) is 0 Å². The lowest BCUT2D eigenvalue weighted by molar-refractivity contribution is -0.115. The summed E-state index contributed by atoms with van der Waals surface area (Å²) in [5.41, 5.74) is 0.892. The lowest BCUT2D eigenvalue weighted by atomic mass is 10.2. The zero-order chi connectivity index (χ0) is 22.7. The second-order valence-corrected chi connectivity index (χ2v) is 8.03. The minimum atomic E-state index is -0.441. The number of aromatic nitrogens is 4. The average molecular weight is 453 g/mol. The number of benzene rings is 2. The number of nitrogens with zero attached hydrogens (tertiary/aromatic N) is 4. The van der Waals surface area contributed by atoms with E-state index in [9.17, 15) is 14.0 Å². The minimum absolute atomic E-state index is 0.116. The van der Waals surface area contributed by atoms with Gasteiger partial charge in [0.25, 0.3) is 0 Å². The molecule has 10 heteroatoms. The van der Waals surface area contributed by atoms with Crippen LogP contribution in [-0.4, -0.2) is 37.4 Å². The highest BCUT2D eigenvalue weighted by atomic mass is 32.2. The van der Waals surface area contributed by atoms with Gasteiger partial charge in [-0.25, -0.2) is 4.39 Å². The minimum Gasteiger partial charge on any atom is -0.497 e. The van der Waals surface area contributed by atoms with Gasteiger partial charge in [-0.15, -0.1) is 10.2 Å². The van der Waals surface area contributed by atoms with Gasteiger partial charge in [0.2, 0.25) is 11.6 Å². The maximum atomic E-state index is 13.2. The van der Waals surface area contributed by atoms with Crippen LogP contribution in [0.4, 0.5) is 10.1 Å². The Morgan fingerprint density at radius 3 is 2.50 bits per heavy atom. The van der Waals surface area contributed by atoms with E-state index in [1.807, 2.05) is 6.92 Å². The molecule has 0 aliphatic carbocycles. The third-order valence-corrected chi connectivity index (χ3v) is 6.13. The summed E-state index contributed by atoms with van der Waals surface area (Å²) in [7, 11) is 1.58. The molecule has 8 nitrogen and oxygen atoms in total. The third kappa shape index (κ3) is 4.35. The lowest BCUT2D eigenvalue weighted by Gasteiger charge is -2.14. The molecule has 0 aliphatic rings. The second-order valence-electron chi connectivity index (χ2n) is 6.86. The number of thioether (sulfide) groups is 1. The van der Waals surface area contributed by atoms with E-state index in [0.717, 1.165) is 0 Å². The molecule has 1 unspecified atom stereocenters. The first-order valence-corrected chi connectivity index (χ1v) is 10.7. The van der Waals surface area contributed by atoms with Gasteiger partial charge in [0.1, 0.15) is 11.6 Å². The highest BCUT2D eigenvalue weighted by molar-refractivity contribution is 8.00. The molecule has 2 aromatic heterocycles. The molecule has 1 amide bonds. The molecule has 2 heterocycles. The summed E-state index contributed by atoms with van der Waals surface area (Å²) < 4.78 is 21.2. The highest BCUT2D eigenvalue weighted by Gasteiger charge is 2.22. The Hall–Kier alpha value is -3.66. The van der Waals surface area contributed by atoms with Gasteiger partial charge in [-0.05, 0) is 55.0 Å². The van der Waals surface area contributed by atoms with Crippen LogP contribution < -0.4 is 15.6 Å². The number of fused-ring (bicyclic) bond motifs is 1. The molecule has 1 N–H and O–H groups in total. The molecule has 1 atom stereocenters. The van der Waals surface area contributed by atoms with Crippen molar-refractivity contribution in [3.63, 3.8) is 0 Å². The summed E-state index contributed by atoms with van der Waals surface area (Å²) in [4.78, 5) is 25.6. The van der Waals surface area contributed by atoms with Crippen LogP contribution in [0.25, 0.3) is 11.3 Å². The Kier molecular flexibility index (Phi) is 6.22. The zero-order valence-corrected chi connectivity index (χ0v) is 18.2. The molecule has 0 radical (unpaired) electrons. The summed E-state index contributed by atoms with van der Waals surface area (Å²) in [6.07, 6.45) is 3.76. The molecule has 4 rings (SSSR count). The molecule has 0 aliphatic heterocycles. The molecule has 0 spiro atoms. The number of methoxy groups -OCH3 is 1. The van der Waals surface area contributed by atoms with E-state index in [-0.39, 0.29) is 17.4 Å². The number of rotatable bonds is 7. The number of carbonyl (C=O) groups excluding carboxylic acids is 1. The van der Waals surface area contributed by atoms with Crippen molar-refractivity contribution in [3.8, 4) is 11.4 Å². The number of nitrogens with one attached hydrogen (secondary N) is 1. The molecule has 2 aromatic carbocycles. The Balaban J connectivity index is 1.56. The van der Waals surface area contributed by atoms with E-state index < -0.39 is 10.8 Å². The van der Waals surface area contributed by atoms with E-state index >= 15 is 0 Å². The molecule has 32 heavy (non-hydrogen) atoms. The molecule has 4 aromatic rings. The summed E-state index contributed by atoms with van der Waals surface area (Å²) in [5.74, 6) is 0.132. The van der Waals surface area contributed by atoms with E-state index in [2.05, 4.69) is 15.5 Å². The predicted molar refractivity (Wildman–Crippen MR) is 120 cm³/mol. The Morgan fingerprint density at radius 1 is 1.12 bits per heavy atom. The van der Waals surface area contributed by atoms with Crippen LogP contribution in [0.2, 0.25) is 0 Å².